The van der Waals surface area contributed by atoms with Gasteiger partial charge in [-0.15, -0.1) is 0 Å². The highest BCUT2D eigenvalue weighted by Crippen LogP contribution is 2.33. The van der Waals surface area contributed by atoms with Crippen LogP contribution < -0.4 is 30.1 Å². The zero-order chi connectivity index (χ0) is 26.5. The molecule has 1 aliphatic rings. The van der Waals surface area contributed by atoms with Gasteiger partial charge in [0.2, 0.25) is 15.9 Å². The van der Waals surface area contributed by atoms with Gasteiger partial charge in [-0.05, 0) is 56.5 Å². The summed E-state index contributed by atoms with van der Waals surface area (Å²) in [6.07, 6.45) is 1.70. The van der Waals surface area contributed by atoms with Crippen molar-refractivity contribution >= 4 is 33.2 Å². The second-order valence-electron chi connectivity index (χ2n) is 8.77. The van der Waals surface area contributed by atoms with Crippen LogP contribution in [0, 0.1) is 5.92 Å². The zero-order valence-electron chi connectivity index (χ0n) is 21.0. The lowest BCUT2D eigenvalue weighted by atomic mass is 9.96. The smallest absolute Gasteiger partial charge is 0.263 e. The van der Waals surface area contributed by atoms with Gasteiger partial charge in [-0.3, -0.25) is 9.59 Å². The molecule has 2 aromatic rings. The van der Waals surface area contributed by atoms with E-state index >= 15 is 0 Å². The number of benzene rings is 2. The van der Waals surface area contributed by atoms with Crippen molar-refractivity contribution in [1.82, 2.24) is 4.72 Å². The van der Waals surface area contributed by atoms with Crippen LogP contribution in [-0.2, 0) is 14.8 Å². The molecule has 1 saturated heterocycles. The van der Waals surface area contributed by atoms with Crippen molar-refractivity contribution in [2.45, 2.75) is 44.0 Å². The lowest BCUT2D eigenvalue weighted by Gasteiger charge is -2.33. The lowest BCUT2D eigenvalue weighted by Crippen LogP contribution is -2.40. The molecule has 1 heterocycles. The van der Waals surface area contributed by atoms with Gasteiger partial charge in [0.1, 0.15) is 22.0 Å². The van der Waals surface area contributed by atoms with E-state index in [0.29, 0.717) is 55.2 Å². The van der Waals surface area contributed by atoms with Crippen LogP contribution in [0.5, 0.6) is 11.5 Å². The number of sulfonamides is 1. The first-order valence-corrected chi connectivity index (χ1v) is 13.3. The van der Waals surface area contributed by atoms with Gasteiger partial charge >= 0.3 is 0 Å². The Morgan fingerprint density at radius 1 is 1.11 bits per heavy atom. The maximum absolute atomic E-state index is 13.4. The summed E-state index contributed by atoms with van der Waals surface area (Å²) in [5, 5.41) is 2.77. The van der Waals surface area contributed by atoms with E-state index in [4.69, 9.17) is 15.2 Å². The maximum atomic E-state index is 13.4. The first kappa shape index (κ1) is 27.3. The van der Waals surface area contributed by atoms with Crippen LogP contribution in [0.1, 0.15) is 43.5 Å². The number of primary amides is 1. The standard InChI is InChI=1S/C25H34N4O6S/c1-5-16(2)28-36(32,33)22-15-18(9-10-19(22)29-13-11-17(12-14-29)24(26)30)27-25(31)23-20(34-3)7-6-8-21(23)35-4/h6-10,15-17,28H,5,11-14H2,1-4H3,(H2,26,30)(H,27,31)/t16-/m1/s1. The van der Waals surface area contributed by atoms with Crippen LogP contribution in [0.3, 0.4) is 0 Å². The van der Waals surface area contributed by atoms with Gasteiger partial charge < -0.3 is 25.4 Å². The predicted octanol–water partition coefficient (Wildman–Crippen LogP) is 2.73. The van der Waals surface area contributed by atoms with Crippen molar-refractivity contribution in [3.63, 3.8) is 0 Å². The Labute approximate surface area is 212 Å². The summed E-state index contributed by atoms with van der Waals surface area (Å²) in [6, 6.07) is 9.47. The van der Waals surface area contributed by atoms with Crippen molar-refractivity contribution in [1.29, 1.82) is 0 Å². The van der Waals surface area contributed by atoms with Crippen LogP contribution >= 0.6 is 0 Å². The minimum Gasteiger partial charge on any atom is -0.496 e. The van der Waals surface area contributed by atoms with Crippen LogP contribution in [-0.4, -0.2) is 53.6 Å². The Bertz CT molecular complexity index is 1190. The molecule has 0 aliphatic carbocycles. The molecule has 1 fully saturated rings. The van der Waals surface area contributed by atoms with Gasteiger partial charge in [-0.25, -0.2) is 13.1 Å². The number of rotatable bonds is 10. The third-order valence-electron chi connectivity index (χ3n) is 6.37. The lowest BCUT2D eigenvalue weighted by molar-refractivity contribution is -0.122. The molecule has 36 heavy (non-hydrogen) atoms. The molecular formula is C25H34N4O6S. The van der Waals surface area contributed by atoms with Crippen LogP contribution in [0.15, 0.2) is 41.3 Å². The fraction of sp³-hybridized carbons (Fsp3) is 0.440. The second kappa shape index (κ2) is 11.6. The van der Waals surface area contributed by atoms with Crippen molar-refractivity contribution in [3.8, 4) is 11.5 Å². The molecule has 0 saturated carbocycles. The summed E-state index contributed by atoms with van der Waals surface area (Å²) in [7, 11) is -1.01. The molecule has 4 N–H and O–H groups in total. The molecule has 11 heteroatoms. The van der Waals surface area contributed by atoms with Crippen molar-refractivity contribution in [2.24, 2.45) is 11.7 Å². The number of nitrogens with one attached hydrogen (secondary N) is 2. The summed E-state index contributed by atoms with van der Waals surface area (Å²) in [6.45, 7) is 4.66. The number of nitrogens with two attached hydrogens (primary N) is 1. The van der Waals surface area contributed by atoms with E-state index in [9.17, 15) is 18.0 Å². The minimum absolute atomic E-state index is 0.0464. The number of piperidine rings is 1. The highest BCUT2D eigenvalue weighted by molar-refractivity contribution is 7.89. The highest BCUT2D eigenvalue weighted by atomic mass is 32.2. The largest absolute Gasteiger partial charge is 0.496 e. The van der Waals surface area contributed by atoms with Gasteiger partial charge in [-0.2, -0.15) is 0 Å². The van der Waals surface area contributed by atoms with Gasteiger partial charge in [-0.1, -0.05) is 13.0 Å². The summed E-state index contributed by atoms with van der Waals surface area (Å²) < 4.78 is 40.1. The van der Waals surface area contributed by atoms with Crippen LogP contribution in [0.25, 0.3) is 0 Å². The number of ether oxygens (including phenoxy) is 2. The van der Waals surface area contributed by atoms with Crippen molar-refractivity contribution in [2.75, 3.05) is 37.5 Å². The van der Waals surface area contributed by atoms with Crippen LogP contribution in [0.2, 0.25) is 0 Å². The number of anilines is 2. The number of hydrogen-bond acceptors (Lipinski definition) is 7. The van der Waals surface area contributed by atoms with E-state index < -0.39 is 15.9 Å². The molecule has 10 nitrogen and oxygen atoms in total. The molecule has 2 aromatic carbocycles. The summed E-state index contributed by atoms with van der Waals surface area (Å²) in [4.78, 5) is 26.7. The number of hydrogen-bond donors (Lipinski definition) is 3. The van der Waals surface area contributed by atoms with Gasteiger partial charge in [0.25, 0.3) is 5.91 Å². The molecule has 0 aromatic heterocycles. The molecule has 1 atom stereocenters. The molecular weight excluding hydrogens is 484 g/mol. The average Bonchev–Trinajstić information content (AvgIpc) is 2.87. The first-order chi connectivity index (χ1) is 17.1. The topological polar surface area (TPSA) is 140 Å². The Morgan fingerprint density at radius 2 is 1.72 bits per heavy atom. The fourth-order valence-corrected chi connectivity index (χ4v) is 5.73. The molecule has 0 unspecified atom stereocenters. The van der Waals surface area contributed by atoms with Crippen LogP contribution in [0.4, 0.5) is 11.4 Å². The Balaban J connectivity index is 1.98. The van der Waals surface area contributed by atoms with Gasteiger partial charge in [0.05, 0.1) is 19.9 Å². The van der Waals surface area contributed by atoms with E-state index in [1.807, 2.05) is 11.8 Å². The monoisotopic (exact) mass is 518 g/mol. The molecule has 3 rings (SSSR count). The second-order valence-corrected chi connectivity index (χ2v) is 10.5. The highest BCUT2D eigenvalue weighted by Gasteiger charge is 2.29. The molecule has 196 valence electrons. The number of amides is 2. The van der Waals surface area contributed by atoms with E-state index in [1.165, 1.54) is 20.3 Å². The number of carbonyl (C=O) groups is 2. The van der Waals surface area contributed by atoms with E-state index in [2.05, 4.69) is 10.0 Å². The molecule has 2 amide bonds. The van der Waals surface area contributed by atoms with E-state index in [1.54, 1.807) is 37.3 Å². The minimum atomic E-state index is -3.91. The van der Waals surface area contributed by atoms with Crippen molar-refractivity contribution in [3.05, 3.63) is 42.0 Å². The third kappa shape index (κ3) is 6.08. The average molecular weight is 519 g/mol. The van der Waals surface area contributed by atoms with E-state index in [-0.39, 0.29) is 28.3 Å². The number of methoxy groups -OCH3 is 2. The third-order valence-corrected chi connectivity index (χ3v) is 7.99. The summed E-state index contributed by atoms with van der Waals surface area (Å²) >= 11 is 0. The Morgan fingerprint density at radius 3 is 2.25 bits per heavy atom. The van der Waals surface area contributed by atoms with Gasteiger partial charge in [0, 0.05) is 30.7 Å². The zero-order valence-corrected chi connectivity index (χ0v) is 21.9. The normalized spacial score (nSPS) is 15.3. The predicted molar refractivity (Wildman–Crippen MR) is 138 cm³/mol. The molecule has 1 aliphatic heterocycles. The Hall–Kier alpha value is -3.31. The van der Waals surface area contributed by atoms with Gasteiger partial charge in [0.15, 0.2) is 0 Å². The Kier molecular flexibility index (Phi) is 8.80. The fourth-order valence-electron chi connectivity index (χ4n) is 4.15. The summed E-state index contributed by atoms with van der Waals surface area (Å²) in [5.74, 6) is -0.420. The van der Waals surface area contributed by atoms with Crippen molar-refractivity contribution < 1.29 is 27.5 Å². The quantitative estimate of drug-likeness (QED) is 0.439. The van der Waals surface area contributed by atoms with E-state index in [0.717, 1.165) is 0 Å². The first-order valence-electron chi connectivity index (χ1n) is 11.8. The summed E-state index contributed by atoms with van der Waals surface area (Å²) in [5.41, 5.74) is 6.45. The molecule has 0 bridgehead atoms. The SMILES string of the molecule is CC[C@@H](C)NS(=O)(=O)c1cc(NC(=O)c2c(OC)cccc2OC)ccc1N1CCC(C(N)=O)CC1. The molecule has 0 spiro atoms. The number of nitrogens with zero attached hydrogens (tertiary/aromatic N) is 1. The maximum Gasteiger partial charge on any atom is 0.263 e. The molecule has 0 radical (unpaired) electrons. The number of carbonyl (C=O) groups excluding carboxylic acids is 2.